The second-order valence-corrected chi connectivity index (χ2v) is 8.41. The van der Waals surface area contributed by atoms with Gasteiger partial charge in [0, 0.05) is 30.9 Å². The van der Waals surface area contributed by atoms with E-state index in [2.05, 4.69) is 16.4 Å². The Morgan fingerprint density at radius 2 is 1.85 bits per heavy atom. The van der Waals surface area contributed by atoms with E-state index in [0.29, 0.717) is 13.0 Å². The Kier molecular flexibility index (Phi) is 6.50. The largest absolute Gasteiger partial charge is 0.465 e. The van der Waals surface area contributed by atoms with Crippen LogP contribution in [0.25, 0.3) is 0 Å². The number of esters is 1. The normalized spacial score (nSPS) is 15.8. The lowest BCUT2D eigenvalue weighted by atomic mass is 10.1. The third-order valence-corrected chi connectivity index (χ3v) is 6.72. The summed E-state index contributed by atoms with van der Waals surface area (Å²) < 4.78 is 22.1. The summed E-state index contributed by atoms with van der Waals surface area (Å²) in [6, 6.07) is 10.1. The molecule has 1 aromatic heterocycles. The quantitative estimate of drug-likeness (QED) is 0.683. The lowest BCUT2D eigenvalue weighted by molar-refractivity contribution is -0.143. The fourth-order valence-corrected chi connectivity index (χ4v) is 5.08. The third kappa shape index (κ3) is 4.50. The minimum Gasteiger partial charge on any atom is -0.465 e. The number of rotatable bonds is 7. The highest BCUT2D eigenvalue weighted by molar-refractivity contribution is 7.82. The van der Waals surface area contributed by atoms with E-state index >= 15 is 0 Å². The smallest absolute Gasteiger partial charge is 0.325 e. The Bertz CT molecular complexity index is 838. The number of ether oxygens (including phenoxy) is 1. The van der Waals surface area contributed by atoms with Gasteiger partial charge in [0.1, 0.15) is 17.5 Å². The van der Waals surface area contributed by atoms with Gasteiger partial charge < -0.3 is 9.30 Å². The molecule has 0 N–H and O–H groups in total. The molecule has 0 radical (unpaired) electrons. The lowest BCUT2D eigenvalue weighted by Gasteiger charge is -2.16. The van der Waals surface area contributed by atoms with Crippen molar-refractivity contribution in [3.05, 3.63) is 52.8 Å². The first-order valence-electron chi connectivity index (χ1n) is 9.57. The predicted molar refractivity (Wildman–Crippen MR) is 107 cm³/mol. The zero-order chi connectivity index (χ0) is 19.4. The van der Waals surface area contributed by atoms with Crippen molar-refractivity contribution < 1.29 is 13.7 Å². The molecule has 6 heteroatoms. The number of carbonyl (C=O) groups is 1. The van der Waals surface area contributed by atoms with Crippen LogP contribution in [0.1, 0.15) is 42.3 Å². The molecule has 1 aliphatic heterocycles. The van der Waals surface area contributed by atoms with Crippen LogP contribution >= 0.6 is 0 Å². The Morgan fingerprint density at radius 3 is 2.56 bits per heavy atom. The van der Waals surface area contributed by atoms with Crippen LogP contribution in [-0.2, 0) is 33.5 Å². The van der Waals surface area contributed by atoms with Crippen LogP contribution in [0, 0.1) is 13.8 Å². The van der Waals surface area contributed by atoms with Gasteiger partial charge in [-0.15, -0.1) is 0 Å². The van der Waals surface area contributed by atoms with E-state index < -0.39 is 11.0 Å². The molecular weight excluding hydrogens is 360 g/mol. The molecular formula is C21H28N2O3S. The van der Waals surface area contributed by atoms with Crippen LogP contribution in [0.3, 0.4) is 0 Å². The van der Waals surface area contributed by atoms with Crippen LogP contribution in [0.4, 0.5) is 0 Å². The number of hydrogen-bond donors (Lipinski definition) is 0. The van der Waals surface area contributed by atoms with E-state index in [0.717, 1.165) is 53.3 Å². The number of aromatic nitrogens is 1. The van der Waals surface area contributed by atoms with Crippen molar-refractivity contribution in [2.24, 2.45) is 0 Å². The summed E-state index contributed by atoms with van der Waals surface area (Å²) >= 11 is 0. The van der Waals surface area contributed by atoms with Crippen molar-refractivity contribution in [1.82, 2.24) is 8.87 Å². The van der Waals surface area contributed by atoms with Crippen molar-refractivity contribution in [1.29, 1.82) is 0 Å². The van der Waals surface area contributed by atoms with Crippen molar-refractivity contribution in [3.8, 4) is 0 Å². The molecule has 1 aromatic carbocycles. The van der Waals surface area contributed by atoms with Crippen molar-refractivity contribution >= 4 is 17.0 Å². The maximum Gasteiger partial charge on any atom is 0.325 e. The average Bonchev–Trinajstić information content (AvgIpc) is 3.27. The molecule has 2 aromatic rings. The number of aryl methyl sites for hydroxylation is 1. The highest BCUT2D eigenvalue weighted by atomic mass is 32.2. The van der Waals surface area contributed by atoms with Crippen LogP contribution < -0.4 is 0 Å². The molecule has 1 unspecified atom stereocenters. The molecule has 1 saturated heterocycles. The van der Waals surface area contributed by atoms with E-state index in [4.69, 9.17) is 4.74 Å². The maximum absolute atomic E-state index is 13.0. The first-order chi connectivity index (χ1) is 13.0. The molecule has 1 atom stereocenters. The summed E-state index contributed by atoms with van der Waals surface area (Å²) in [5.41, 5.74) is 4.33. The summed E-state index contributed by atoms with van der Waals surface area (Å²) in [7, 11) is -1.11. The van der Waals surface area contributed by atoms with E-state index in [1.165, 1.54) is 0 Å². The molecule has 0 spiro atoms. The number of nitrogens with zero attached hydrogens (tertiary/aromatic N) is 2. The highest BCUT2D eigenvalue weighted by Crippen LogP contribution is 2.25. The summed E-state index contributed by atoms with van der Waals surface area (Å²) in [5.74, 6) is -0.221. The van der Waals surface area contributed by atoms with Crippen molar-refractivity contribution in [2.45, 2.75) is 51.5 Å². The van der Waals surface area contributed by atoms with Gasteiger partial charge in [-0.1, -0.05) is 18.2 Å². The van der Waals surface area contributed by atoms with E-state index in [1.807, 2.05) is 43.5 Å². The topological polar surface area (TPSA) is 51.5 Å². The Balaban J connectivity index is 1.84. The monoisotopic (exact) mass is 388 g/mol. The first-order valence-corrected chi connectivity index (χ1v) is 10.7. The van der Waals surface area contributed by atoms with Crippen LogP contribution in [0.5, 0.6) is 0 Å². The van der Waals surface area contributed by atoms with Crippen molar-refractivity contribution in [2.75, 3.05) is 19.7 Å². The Labute approximate surface area is 163 Å². The van der Waals surface area contributed by atoms with Gasteiger partial charge in [0.15, 0.2) is 0 Å². The standard InChI is InChI=1S/C21H28N2O3S/c1-4-26-21(24)15-23-16(2)13-19(17(23)3)14-18-9-5-6-10-20(18)27(25)22-11-7-8-12-22/h5-6,9-10,13H,4,7-8,11-12,14-15H2,1-3H3. The highest BCUT2D eigenvalue weighted by Gasteiger charge is 2.22. The summed E-state index contributed by atoms with van der Waals surface area (Å²) in [6.45, 7) is 8.26. The van der Waals surface area contributed by atoms with Crippen LogP contribution in [0.15, 0.2) is 35.2 Å². The van der Waals surface area contributed by atoms with Gasteiger partial charge >= 0.3 is 5.97 Å². The second kappa shape index (κ2) is 8.85. The van der Waals surface area contributed by atoms with E-state index in [9.17, 15) is 9.00 Å². The van der Waals surface area contributed by atoms with Gasteiger partial charge in [0.05, 0.1) is 11.5 Å². The summed E-state index contributed by atoms with van der Waals surface area (Å²) in [5, 5.41) is 0. The van der Waals surface area contributed by atoms with E-state index in [1.54, 1.807) is 0 Å². The van der Waals surface area contributed by atoms with Gasteiger partial charge in [0.25, 0.3) is 0 Å². The van der Waals surface area contributed by atoms with Gasteiger partial charge in [-0.25, -0.2) is 8.51 Å². The number of benzene rings is 1. The predicted octanol–water partition coefficient (Wildman–Crippen LogP) is 3.38. The molecule has 1 fully saturated rings. The van der Waals surface area contributed by atoms with Crippen molar-refractivity contribution in [3.63, 3.8) is 0 Å². The number of hydrogen-bond acceptors (Lipinski definition) is 3. The van der Waals surface area contributed by atoms with Gasteiger partial charge in [0.2, 0.25) is 0 Å². The molecule has 146 valence electrons. The molecule has 0 amide bonds. The lowest BCUT2D eigenvalue weighted by Crippen LogP contribution is -2.23. The third-order valence-electron chi connectivity index (χ3n) is 5.11. The Hall–Kier alpha value is -1.92. The second-order valence-electron chi connectivity index (χ2n) is 6.96. The van der Waals surface area contributed by atoms with E-state index in [-0.39, 0.29) is 12.5 Å². The minimum absolute atomic E-state index is 0.221. The minimum atomic E-state index is -1.11. The van der Waals surface area contributed by atoms with Crippen LogP contribution in [0.2, 0.25) is 0 Å². The van der Waals surface area contributed by atoms with Gasteiger partial charge in [-0.05, 0) is 56.9 Å². The zero-order valence-electron chi connectivity index (χ0n) is 16.4. The fourth-order valence-electron chi connectivity index (χ4n) is 3.65. The van der Waals surface area contributed by atoms with Gasteiger partial charge in [-0.2, -0.15) is 0 Å². The number of carbonyl (C=O) groups excluding carboxylic acids is 1. The summed E-state index contributed by atoms with van der Waals surface area (Å²) in [6.07, 6.45) is 2.93. The molecule has 27 heavy (non-hydrogen) atoms. The summed E-state index contributed by atoms with van der Waals surface area (Å²) in [4.78, 5) is 12.8. The zero-order valence-corrected chi connectivity index (χ0v) is 17.2. The first kappa shape index (κ1) is 19.8. The average molecular weight is 389 g/mol. The molecule has 0 bridgehead atoms. The molecule has 1 aliphatic rings. The molecule has 5 nitrogen and oxygen atoms in total. The molecule has 3 rings (SSSR count). The molecule has 2 heterocycles. The van der Waals surface area contributed by atoms with Crippen LogP contribution in [-0.4, -0.2) is 38.7 Å². The molecule has 0 aliphatic carbocycles. The van der Waals surface area contributed by atoms with Gasteiger partial charge in [-0.3, -0.25) is 4.79 Å². The maximum atomic E-state index is 13.0. The Morgan fingerprint density at radius 1 is 1.15 bits per heavy atom. The SMILES string of the molecule is CCOC(=O)Cn1c(C)cc(Cc2ccccc2S(=O)N2CCCC2)c1C. The fraction of sp³-hybridized carbons (Fsp3) is 0.476. The molecule has 0 saturated carbocycles.